The molecule has 3 aromatic rings. The molecule has 1 aliphatic rings. The Balaban J connectivity index is 1.28. The quantitative estimate of drug-likeness (QED) is 0.420. The molecule has 4 rings (SSSR count). The first kappa shape index (κ1) is 24.6. The Hall–Kier alpha value is -4.53. The highest BCUT2D eigenvalue weighted by molar-refractivity contribution is 5.85. The van der Waals surface area contributed by atoms with Crippen molar-refractivity contribution >= 4 is 18.0 Å². The van der Waals surface area contributed by atoms with Gasteiger partial charge in [-0.15, -0.1) is 0 Å². The summed E-state index contributed by atoms with van der Waals surface area (Å²) >= 11 is 0. The van der Waals surface area contributed by atoms with E-state index in [1.54, 1.807) is 18.2 Å². The van der Waals surface area contributed by atoms with E-state index in [1.807, 2.05) is 60.7 Å². The number of amides is 2. The molecule has 0 saturated carbocycles. The van der Waals surface area contributed by atoms with E-state index in [0.717, 1.165) is 16.7 Å². The van der Waals surface area contributed by atoms with Gasteiger partial charge < -0.3 is 29.6 Å². The Kier molecular flexibility index (Phi) is 8.37. The van der Waals surface area contributed by atoms with Gasteiger partial charge in [0.25, 0.3) is 5.91 Å². The van der Waals surface area contributed by atoms with Crippen LogP contribution in [0.5, 0.6) is 11.5 Å². The lowest BCUT2D eigenvalue weighted by molar-refractivity contribution is -0.150. The Morgan fingerprint density at radius 3 is 2.25 bits per heavy atom. The molecule has 9 heteroatoms. The monoisotopic (exact) mass is 490 g/mol. The minimum atomic E-state index is -1.03. The maximum absolute atomic E-state index is 12.8. The predicted molar refractivity (Wildman–Crippen MR) is 129 cm³/mol. The summed E-state index contributed by atoms with van der Waals surface area (Å²) in [7, 11) is 0. The molecule has 0 radical (unpaired) electrons. The first-order valence-electron chi connectivity index (χ1n) is 11.4. The smallest absolute Gasteiger partial charge is 0.408 e. The Labute approximate surface area is 208 Å². The fourth-order valence-electron chi connectivity index (χ4n) is 3.49. The molecule has 0 aromatic heterocycles. The number of rotatable bonds is 10. The fourth-order valence-corrected chi connectivity index (χ4v) is 3.49. The summed E-state index contributed by atoms with van der Waals surface area (Å²) in [5, 5.41) is 5.24. The van der Waals surface area contributed by atoms with Crippen LogP contribution >= 0.6 is 0 Å². The van der Waals surface area contributed by atoms with Crippen molar-refractivity contribution < 1.29 is 33.3 Å². The summed E-state index contributed by atoms with van der Waals surface area (Å²) in [5.41, 5.74) is 2.44. The number of esters is 1. The maximum Gasteiger partial charge on any atom is 0.408 e. The van der Waals surface area contributed by atoms with Crippen molar-refractivity contribution in [1.82, 2.24) is 10.6 Å². The van der Waals surface area contributed by atoms with Gasteiger partial charge in [-0.1, -0.05) is 66.7 Å². The minimum absolute atomic E-state index is 0.0576. The SMILES string of the molecule is O=C(COC(=O)C(Cc1ccccc1)NC(=O)OCc1ccccc1)NCc1ccc2c(c1)OCO2. The van der Waals surface area contributed by atoms with E-state index < -0.39 is 30.6 Å². The van der Waals surface area contributed by atoms with Crippen molar-refractivity contribution in [2.24, 2.45) is 0 Å². The molecule has 1 aliphatic heterocycles. The van der Waals surface area contributed by atoms with E-state index in [1.165, 1.54) is 0 Å². The normalized spacial score (nSPS) is 12.3. The van der Waals surface area contributed by atoms with Gasteiger partial charge in [-0.05, 0) is 28.8 Å². The molecule has 2 amide bonds. The maximum atomic E-state index is 12.8. The average molecular weight is 491 g/mol. The molecular formula is C27H26N2O7. The van der Waals surface area contributed by atoms with Crippen LogP contribution in [-0.2, 0) is 38.6 Å². The van der Waals surface area contributed by atoms with Gasteiger partial charge in [0.15, 0.2) is 18.1 Å². The molecule has 0 saturated heterocycles. The highest BCUT2D eigenvalue weighted by Crippen LogP contribution is 2.32. The molecule has 1 heterocycles. The number of hydrogen-bond donors (Lipinski definition) is 2. The van der Waals surface area contributed by atoms with E-state index >= 15 is 0 Å². The van der Waals surface area contributed by atoms with Crippen LogP contribution in [0.4, 0.5) is 4.79 Å². The van der Waals surface area contributed by atoms with Crippen molar-refractivity contribution in [2.45, 2.75) is 25.6 Å². The standard InChI is InChI=1S/C27H26N2O7/c30-25(28-15-21-11-12-23-24(14-21)36-18-35-23)17-33-26(31)22(13-19-7-3-1-4-8-19)29-27(32)34-16-20-9-5-2-6-10-20/h1-12,14,22H,13,15-18H2,(H,28,30)(H,29,32). The molecule has 3 aromatic carbocycles. The zero-order valence-electron chi connectivity index (χ0n) is 19.5. The molecule has 0 aliphatic carbocycles. The molecule has 2 N–H and O–H groups in total. The lowest BCUT2D eigenvalue weighted by Gasteiger charge is -2.18. The number of alkyl carbamates (subject to hydrolysis) is 1. The second-order valence-electron chi connectivity index (χ2n) is 8.02. The summed E-state index contributed by atoms with van der Waals surface area (Å²) in [6.07, 6.45) is -0.581. The third-order valence-electron chi connectivity index (χ3n) is 5.34. The van der Waals surface area contributed by atoms with Crippen molar-refractivity contribution in [3.8, 4) is 11.5 Å². The third-order valence-corrected chi connectivity index (χ3v) is 5.34. The van der Waals surface area contributed by atoms with Crippen LogP contribution in [0.25, 0.3) is 0 Å². The minimum Gasteiger partial charge on any atom is -0.454 e. The number of hydrogen-bond acceptors (Lipinski definition) is 7. The third kappa shape index (κ3) is 7.23. The number of carbonyl (C=O) groups is 3. The van der Waals surface area contributed by atoms with Crippen LogP contribution in [-0.4, -0.2) is 37.4 Å². The lowest BCUT2D eigenvalue weighted by atomic mass is 10.1. The van der Waals surface area contributed by atoms with E-state index in [0.29, 0.717) is 11.5 Å². The van der Waals surface area contributed by atoms with Gasteiger partial charge in [0, 0.05) is 13.0 Å². The van der Waals surface area contributed by atoms with Crippen LogP contribution < -0.4 is 20.1 Å². The van der Waals surface area contributed by atoms with Crippen molar-refractivity contribution in [2.75, 3.05) is 13.4 Å². The first-order chi connectivity index (χ1) is 17.6. The van der Waals surface area contributed by atoms with Crippen molar-refractivity contribution in [3.63, 3.8) is 0 Å². The van der Waals surface area contributed by atoms with E-state index in [2.05, 4.69) is 10.6 Å². The Morgan fingerprint density at radius 1 is 0.806 bits per heavy atom. The fraction of sp³-hybridized carbons (Fsp3) is 0.222. The summed E-state index contributed by atoms with van der Waals surface area (Å²) in [6, 6.07) is 22.7. The number of ether oxygens (including phenoxy) is 4. The van der Waals surface area contributed by atoms with Gasteiger partial charge in [-0.2, -0.15) is 0 Å². The Morgan fingerprint density at radius 2 is 1.50 bits per heavy atom. The lowest BCUT2D eigenvalue weighted by Crippen LogP contribution is -2.44. The van der Waals surface area contributed by atoms with Gasteiger partial charge in [0.1, 0.15) is 12.6 Å². The van der Waals surface area contributed by atoms with E-state index in [-0.39, 0.29) is 26.4 Å². The molecule has 9 nitrogen and oxygen atoms in total. The second kappa shape index (κ2) is 12.3. The number of nitrogens with one attached hydrogen (secondary N) is 2. The van der Waals surface area contributed by atoms with Crippen LogP contribution in [0.3, 0.4) is 0 Å². The summed E-state index contributed by atoms with van der Waals surface area (Å²) < 4.78 is 21.0. The molecule has 0 spiro atoms. The van der Waals surface area contributed by atoms with Crippen LogP contribution in [0, 0.1) is 0 Å². The molecule has 1 unspecified atom stereocenters. The number of benzene rings is 3. The van der Waals surface area contributed by atoms with Gasteiger partial charge in [0.05, 0.1) is 0 Å². The van der Waals surface area contributed by atoms with Crippen LogP contribution in [0.1, 0.15) is 16.7 Å². The van der Waals surface area contributed by atoms with Gasteiger partial charge in [-0.25, -0.2) is 9.59 Å². The second-order valence-corrected chi connectivity index (χ2v) is 8.02. The first-order valence-corrected chi connectivity index (χ1v) is 11.4. The average Bonchev–Trinajstić information content (AvgIpc) is 3.38. The van der Waals surface area contributed by atoms with Crippen LogP contribution in [0.15, 0.2) is 78.9 Å². The highest BCUT2D eigenvalue weighted by atomic mass is 16.7. The summed E-state index contributed by atoms with van der Waals surface area (Å²) in [4.78, 5) is 37.4. The highest BCUT2D eigenvalue weighted by Gasteiger charge is 2.24. The summed E-state index contributed by atoms with van der Waals surface area (Å²) in [6.45, 7) is -0.0406. The molecule has 1 atom stereocenters. The predicted octanol–water partition coefficient (Wildman–Crippen LogP) is 3.11. The van der Waals surface area contributed by atoms with Gasteiger partial charge in [-0.3, -0.25) is 4.79 Å². The molecule has 0 bridgehead atoms. The molecule has 0 fully saturated rings. The molecule has 186 valence electrons. The largest absolute Gasteiger partial charge is 0.454 e. The van der Waals surface area contributed by atoms with Crippen molar-refractivity contribution in [1.29, 1.82) is 0 Å². The van der Waals surface area contributed by atoms with E-state index in [4.69, 9.17) is 18.9 Å². The van der Waals surface area contributed by atoms with Gasteiger partial charge >= 0.3 is 12.1 Å². The van der Waals surface area contributed by atoms with Gasteiger partial charge in [0.2, 0.25) is 6.79 Å². The zero-order valence-corrected chi connectivity index (χ0v) is 19.5. The molecule has 36 heavy (non-hydrogen) atoms. The Bertz CT molecular complexity index is 1190. The van der Waals surface area contributed by atoms with Crippen LogP contribution in [0.2, 0.25) is 0 Å². The van der Waals surface area contributed by atoms with E-state index in [9.17, 15) is 14.4 Å². The number of fused-ring (bicyclic) bond motifs is 1. The zero-order chi connectivity index (χ0) is 25.2. The van der Waals surface area contributed by atoms with Crippen molar-refractivity contribution in [3.05, 3.63) is 95.6 Å². The molecular weight excluding hydrogens is 464 g/mol. The summed E-state index contributed by atoms with van der Waals surface area (Å²) in [5.74, 6) is 0.0419. The number of carbonyl (C=O) groups excluding carboxylic acids is 3. The topological polar surface area (TPSA) is 112 Å².